The lowest BCUT2D eigenvalue weighted by Gasteiger charge is -2.40. The van der Waals surface area contributed by atoms with Crippen LogP contribution in [0.5, 0.6) is 17.4 Å². The lowest BCUT2D eigenvalue weighted by molar-refractivity contribution is -0.141. The number of alkyl halides is 3. The van der Waals surface area contributed by atoms with Crippen molar-refractivity contribution in [1.82, 2.24) is 14.5 Å². The van der Waals surface area contributed by atoms with Gasteiger partial charge in [-0.1, -0.05) is 12.1 Å². The number of fused-ring (bicyclic) bond motifs is 3. The number of pyridine rings is 1. The van der Waals surface area contributed by atoms with Crippen LogP contribution in [0.25, 0.3) is 0 Å². The van der Waals surface area contributed by atoms with Crippen LogP contribution in [-0.4, -0.2) is 39.8 Å². The van der Waals surface area contributed by atoms with Crippen molar-refractivity contribution in [3.8, 4) is 17.4 Å². The zero-order valence-electron chi connectivity index (χ0n) is 19.1. The number of anilines is 1. The van der Waals surface area contributed by atoms with Crippen LogP contribution in [0.3, 0.4) is 0 Å². The minimum atomic E-state index is -4.55. The van der Waals surface area contributed by atoms with Crippen LogP contribution in [0, 0.1) is 6.92 Å². The first-order chi connectivity index (χ1) is 16.6. The van der Waals surface area contributed by atoms with E-state index in [0.717, 1.165) is 29.2 Å². The summed E-state index contributed by atoms with van der Waals surface area (Å²) < 4.78 is 57.3. The maximum Gasteiger partial charge on any atom is 0.433 e. The van der Waals surface area contributed by atoms with Gasteiger partial charge in [-0.3, -0.25) is 9.55 Å². The van der Waals surface area contributed by atoms with Gasteiger partial charge >= 0.3 is 11.9 Å². The highest BCUT2D eigenvalue weighted by atomic mass is 19.4. The fourth-order valence-electron chi connectivity index (χ4n) is 4.45. The monoisotopic (exact) mass is 488 g/mol. The van der Waals surface area contributed by atoms with Gasteiger partial charge in [0.2, 0.25) is 5.88 Å². The van der Waals surface area contributed by atoms with Gasteiger partial charge in [0, 0.05) is 18.8 Å². The summed E-state index contributed by atoms with van der Waals surface area (Å²) in [6, 6.07) is 8.92. The second kappa shape index (κ2) is 8.56. The van der Waals surface area contributed by atoms with Crippen LogP contribution in [0.15, 0.2) is 47.4 Å². The first-order valence-corrected chi connectivity index (χ1v) is 11.0. The van der Waals surface area contributed by atoms with E-state index in [0.29, 0.717) is 32.1 Å². The number of hydrogen-bond donors (Lipinski definition) is 0. The standard InChI is InChI=1S/C24H23F3N4O4/c1-15-20(29-22(32)30-13-23(2)14-33-10-9-31(23)21(15)30)34-12-16-3-5-17(6-4-16)35-18-7-8-28-19(11-18)24(25,26)27/h3-8,11H,9-10,12-14H2,1-2H3/t23-/m1/s1. The van der Waals surface area contributed by atoms with Crippen LogP contribution in [0.4, 0.5) is 19.0 Å². The van der Waals surface area contributed by atoms with Crippen molar-refractivity contribution < 1.29 is 27.4 Å². The molecule has 3 aromatic rings. The molecular weight excluding hydrogens is 465 g/mol. The molecule has 184 valence electrons. The lowest BCUT2D eigenvalue weighted by atomic mass is 10.0. The van der Waals surface area contributed by atoms with Crippen molar-refractivity contribution >= 4 is 5.82 Å². The zero-order valence-corrected chi connectivity index (χ0v) is 19.1. The molecule has 11 heteroatoms. The Labute approximate surface area is 198 Å². The molecule has 0 unspecified atom stereocenters. The Morgan fingerprint density at radius 3 is 2.69 bits per heavy atom. The molecule has 1 saturated heterocycles. The fraction of sp³-hybridized carbons (Fsp3) is 0.375. The second-order valence-electron chi connectivity index (χ2n) is 8.84. The SMILES string of the molecule is Cc1c(OCc2ccc(Oc3ccnc(C(F)(F)F)c3)cc2)nc(=O)n2c1N1CCOC[C@@]1(C)C2. The number of rotatable bonds is 5. The van der Waals surface area contributed by atoms with Gasteiger partial charge in [0.25, 0.3) is 0 Å². The van der Waals surface area contributed by atoms with Crippen LogP contribution in [0.2, 0.25) is 0 Å². The molecule has 0 spiro atoms. The first-order valence-electron chi connectivity index (χ1n) is 11.0. The summed E-state index contributed by atoms with van der Waals surface area (Å²) >= 11 is 0. The van der Waals surface area contributed by atoms with E-state index >= 15 is 0 Å². The molecule has 0 radical (unpaired) electrons. The smallest absolute Gasteiger partial charge is 0.433 e. The van der Waals surface area contributed by atoms with Crippen LogP contribution >= 0.6 is 0 Å². The number of nitrogens with zero attached hydrogens (tertiary/aromatic N) is 4. The quantitative estimate of drug-likeness (QED) is 0.538. The van der Waals surface area contributed by atoms with Gasteiger partial charge in [-0.2, -0.15) is 18.2 Å². The van der Waals surface area contributed by atoms with Crippen LogP contribution in [0.1, 0.15) is 23.7 Å². The van der Waals surface area contributed by atoms with E-state index in [9.17, 15) is 18.0 Å². The number of hydrogen-bond acceptors (Lipinski definition) is 7. The summed E-state index contributed by atoms with van der Waals surface area (Å²) in [6.45, 7) is 6.43. The maximum atomic E-state index is 12.8. The number of morpholine rings is 1. The Morgan fingerprint density at radius 2 is 1.94 bits per heavy atom. The van der Waals surface area contributed by atoms with E-state index in [-0.39, 0.29) is 29.5 Å². The van der Waals surface area contributed by atoms with Crippen molar-refractivity contribution in [3.05, 3.63) is 69.9 Å². The molecule has 0 aliphatic carbocycles. The Morgan fingerprint density at radius 1 is 1.17 bits per heavy atom. The molecule has 4 heterocycles. The van der Waals surface area contributed by atoms with Gasteiger partial charge in [0.15, 0.2) is 0 Å². The van der Waals surface area contributed by atoms with Gasteiger partial charge in [0.05, 0.1) is 30.9 Å². The molecule has 8 nitrogen and oxygen atoms in total. The van der Waals surface area contributed by atoms with E-state index < -0.39 is 11.9 Å². The number of aromatic nitrogens is 3. The van der Waals surface area contributed by atoms with Gasteiger partial charge in [0.1, 0.15) is 29.6 Å². The van der Waals surface area contributed by atoms with Gasteiger partial charge in [-0.25, -0.2) is 4.79 Å². The molecule has 5 rings (SSSR count). The fourth-order valence-corrected chi connectivity index (χ4v) is 4.45. The predicted molar refractivity (Wildman–Crippen MR) is 120 cm³/mol. The minimum absolute atomic E-state index is 0.0323. The molecule has 35 heavy (non-hydrogen) atoms. The van der Waals surface area contributed by atoms with E-state index in [4.69, 9.17) is 14.2 Å². The van der Waals surface area contributed by atoms with Gasteiger partial charge in [-0.05, 0) is 37.6 Å². The molecule has 1 aromatic carbocycles. The number of benzene rings is 1. The summed E-state index contributed by atoms with van der Waals surface area (Å²) in [4.78, 5) is 22.4. The summed E-state index contributed by atoms with van der Waals surface area (Å²) in [5.74, 6) is 1.48. The van der Waals surface area contributed by atoms with Crippen molar-refractivity contribution in [1.29, 1.82) is 0 Å². The highest BCUT2D eigenvalue weighted by Crippen LogP contribution is 2.39. The van der Waals surface area contributed by atoms with Crippen LogP contribution in [-0.2, 0) is 24.1 Å². The summed E-state index contributed by atoms with van der Waals surface area (Å²) in [6.07, 6.45) is -3.50. The summed E-state index contributed by atoms with van der Waals surface area (Å²) in [7, 11) is 0. The van der Waals surface area contributed by atoms with Gasteiger partial charge in [-0.15, -0.1) is 0 Å². The molecule has 2 aromatic heterocycles. The van der Waals surface area contributed by atoms with Crippen molar-refractivity contribution in [2.75, 3.05) is 24.7 Å². The lowest BCUT2D eigenvalue weighted by Crippen LogP contribution is -2.53. The Balaban J connectivity index is 1.29. The zero-order chi connectivity index (χ0) is 24.8. The molecule has 1 atom stereocenters. The Bertz CT molecular complexity index is 1310. The molecule has 0 bridgehead atoms. The largest absolute Gasteiger partial charge is 0.472 e. The Hall–Kier alpha value is -3.60. The average molecular weight is 488 g/mol. The van der Waals surface area contributed by atoms with E-state index in [2.05, 4.69) is 21.8 Å². The van der Waals surface area contributed by atoms with Crippen molar-refractivity contribution in [3.63, 3.8) is 0 Å². The van der Waals surface area contributed by atoms with Crippen LogP contribution < -0.4 is 20.1 Å². The third-order valence-corrected chi connectivity index (χ3v) is 6.17. The first kappa shape index (κ1) is 23.2. The normalized spacial score (nSPS) is 19.3. The average Bonchev–Trinajstić information content (AvgIpc) is 3.15. The Kier molecular flexibility index (Phi) is 5.66. The highest BCUT2D eigenvalue weighted by molar-refractivity contribution is 5.57. The predicted octanol–water partition coefficient (Wildman–Crippen LogP) is 3.95. The molecule has 2 aliphatic rings. The molecule has 1 fully saturated rings. The molecule has 0 amide bonds. The van der Waals surface area contributed by atoms with E-state index in [1.807, 2.05) is 6.92 Å². The minimum Gasteiger partial charge on any atom is -0.472 e. The maximum absolute atomic E-state index is 12.8. The number of ether oxygens (including phenoxy) is 3. The molecule has 2 aliphatic heterocycles. The summed E-state index contributed by atoms with van der Waals surface area (Å²) in [5.41, 5.74) is -0.114. The molecular formula is C24H23F3N4O4. The highest BCUT2D eigenvalue weighted by Gasteiger charge is 2.44. The third kappa shape index (κ3) is 4.43. The third-order valence-electron chi connectivity index (χ3n) is 6.17. The van der Waals surface area contributed by atoms with Gasteiger partial charge < -0.3 is 19.1 Å². The summed E-state index contributed by atoms with van der Waals surface area (Å²) in [5, 5.41) is 0. The van der Waals surface area contributed by atoms with Crippen molar-refractivity contribution in [2.45, 2.75) is 38.7 Å². The topological polar surface area (TPSA) is 78.7 Å². The molecule has 0 saturated carbocycles. The van der Waals surface area contributed by atoms with E-state index in [1.54, 1.807) is 28.8 Å². The molecule has 0 N–H and O–H groups in total. The number of halogens is 3. The van der Waals surface area contributed by atoms with Crippen molar-refractivity contribution in [2.24, 2.45) is 0 Å². The second-order valence-corrected chi connectivity index (χ2v) is 8.84. The van der Waals surface area contributed by atoms with E-state index in [1.165, 1.54) is 6.07 Å².